The third-order valence-electron chi connectivity index (χ3n) is 6.20. The molecule has 2 bridgehead atoms. The number of carbonyl (C=O) groups excluding carboxylic acids is 3. The summed E-state index contributed by atoms with van der Waals surface area (Å²) in [5, 5.41) is 1.96. The molecule has 1 aliphatic heterocycles. The van der Waals surface area contributed by atoms with Gasteiger partial charge in [0.25, 0.3) is 5.85 Å². The Morgan fingerprint density at radius 1 is 1.11 bits per heavy atom. The van der Waals surface area contributed by atoms with Gasteiger partial charge in [0.15, 0.2) is 0 Å². The molecule has 0 radical (unpaired) electrons. The minimum Gasteiger partial charge on any atom is -0.460 e. The molecule has 0 saturated heterocycles. The number of hydrogen-bond donors (Lipinski definition) is 1. The maximum Gasteiger partial charge on any atom is 0.434 e. The van der Waals surface area contributed by atoms with Crippen LogP contribution in [0.1, 0.15) is 38.3 Å². The number of amides is 1. The molecule has 2 N–H and O–H groups in total. The summed E-state index contributed by atoms with van der Waals surface area (Å²) in [6, 6.07) is 15.6. The van der Waals surface area contributed by atoms with E-state index in [0.717, 1.165) is 21.5 Å². The molecule has 10 nitrogen and oxygen atoms in total. The van der Waals surface area contributed by atoms with E-state index < -0.39 is 41.9 Å². The highest BCUT2D eigenvalue weighted by molar-refractivity contribution is 5.91. The summed E-state index contributed by atoms with van der Waals surface area (Å²) in [6.07, 6.45) is 0.568. The fourth-order valence-corrected chi connectivity index (χ4v) is 4.45. The van der Waals surface area contributed by atoms with Crippen LogP contribution in [0.3, 0.4) is 0 Å². The van der Waals surface area contributed by atoms with Gasteiger partial charge in [-0.2, -0.15) is 5.01 Å². The van der Waals surface area contributed by atoms with Crippen LogP contribution in [0.25, 0.3) is 10.9 Å². The molecule has 202 valence electrons. The summed E-state index contributed by atoms with van der Waals surface area (Å²) < 4.78 is 18.9. The van der Waals surface area contributed by atoms with Crippen molar-refractivity contribution in [2.24, 2.45) is 5.73 Å². The maximum atomic E-state index is 14.0. The number of carbonyl (C=O) groups is 3. The van der Waals surface area contributed by atoms with E-state index in [2.05, 4.69) is 0 Å². The van der Waals surface area contributed by atoms with Crippen molar-refractivity contribution in [2.75, 3.05) is 19.1 Å². The monoisotopic (exact) mass is 522 g/mol. The van der Waals surface area contributed by atoms with E-state index in [1.165, 1.54) is 4.90 Å². The Morgan fingerprint density at radius 2 is 1.76 bits per heavy atom. The molecule has 0 aliphatic carbocycles. The number of benzene rings is 2. The molecule has 3 aromatic rings. The Morgan fingerprint density at radius 3 is 2.42 bits per heavy atom. The Kier molecular flexibility index (Phi) is 7.48. The fraction of sp³-hybridized carbons (Fsp3) is 0.393. The fourth-order valence-electron chi connectivity index (χ4n) is 4.45. The lowest BCUT2D eigenvalue weighted by Crippen LogP contribution is -2.68. The predicted octanol–water partition coefficient (Wildman–Crippen LogP) is 3.29. The molecule has 2 aromatic carbocycles. The predicted molar refractivity (Wildman–Crippen MR) is 141 cm³/mol. The van der Waals surface area contributed by atoms with E-state index in [9.17, 15) is 14.4 Å². The molecule has 2 heterocycles. The lowest BCUT2D eigenvalue weighted by atomic mass is 10.1. The third-order valence-corrected chi connectivity index (χ3v) is 6.20. The first-order valence-electron chi connectivity index (χ1n) is 12.4. The van der Waals surface area contributed by atoms with Gasteiger partial charge in [-0.25, -0.2) is 4.79 Å². The largest absolute Gasteiger partial charge is 0.460 e. The first-order valence-corrected chi connectivity index (χ1v) is 12.4. The normalized spacial score (nSPS) is 19.9. The lowest BCUT2D eigenvalue weighted by Gasteiger charge is -2.45. The van der Waals surface area contributed by atoms with Crippen LogP contribution in [0.5, 0.6) is 0 Å². The maximum absolute atomic E-state index is 14.0. The molecule has 2 unspecified atom stereocenters. The Balaban J connectivity index is 1.89. The number of ether oxygens (including phenoxy) is 3. The van der Waals surface area contributed by atoms with Crippen LogP contribution >= 0.6 is 0 Å². The van der Waals surface area contributed by atoms with E-state index in [0.29, 0.717) is 5.52 Å². The highest BCUT2D eigenvalue weighted by Gasteiger charge is 2.52. The van der Waals surface area contributed by atoms with Crippen LogP contribution in [-0.4, -0.2) is 59.2 Å². The van der Waals surface area contributed by atoms with Crippen LogP contribution in [0.15, 0.2) is 60.8 Å². The molecule has 0 spiro atoms. The summed E-state index contributed by atoms with van der Waals surface area (Å²) in [7, 11) is 3.20. The molecular formula is C28H34N4O6. The Labute approximate surface area is 221 Å². The number of nitrogens with zero attached hydrogens (tertiary/aromatic N) is 3. The molecular weight excluding hydrogens is 488 g/mol. The standard InChI is InChI=1S/C28H34N4O6/c1-27(2,3)37-24(33)16-28(30(4)5)32(26(35)36-18-19-11-7-6-8-12-19)31-17-20(15-22(29)25(34)38-28)21-13-9-10-14-23(21)31/h6-14,17,22H,15-16,18,29H2,1-5H3. The zero-order valence-corrected chi connectivity index (χ0v) is 22.3. The minimum absolute atomic E-state index is 0.0361. The van der Waals surface area contributed by atoms with Crippen LogP contribution in [0.4, 0.5) is 4.79 Å². The molecule has 1 amide bonds. The van der Waals surface area contributed by atoms with E-state index in [4.69, 9.17) is 19.9 Å². The van der Waals surface area contributed by atoms with Crippen LogP contribution in [0, 0.1) is 0 Å². The van der Waals surface area contributed by atoms with Crippen molar-refractivity contribution >= 4 is 28.9 Å². The molecule has 4 rings (SSSR count). The molecule has 38 heavy (non-hydrogen) atoms. The van der Waals surface area contributed by atoms with Crippen molar-refractivity contribution in [3.63, 3.8) is 0 Å². The smallest absolute Gasteiger partial charge is 0.434 e. The summed E-state index contributed by atoms with van der Waals surface area (Å²) in [4.78, 5) is 41.9. The van der Waals surface area contributed by atoms with Gasteiger partial charge in [0.1, 0.15) is 24.7 Å². The quantitative estimate of drug-likeness (QED) is 0.401. The number of nitrogens with two attached hydrogens (primary N) is 1. The summed E-state index contributed by atoms with van der Waals surface area (Å²) in [6.45, 7) is 5.16. The third kappa shape index (κ3) is 5.51. The highest BCUT2D eigenvalue weighted by Crippen LogP contribution is 2.33. The van der Waals surface area contributed by atoms with E-state index in [-0.39, 0.29) is 13.0 Å². The second kappa shape index (κ2) is 10.5. The number of cyclic esters (lactones) is 1. The molecule has 1 aromatic heterocycles. The zero-order chi connectivity index (χ0) is 27.7. The van der Waals surface area contributed by atoms with Crippen molar-refractivity contribution in [2.45, 2.75) is 57.7 Å². The van der Waals surface area contributed by atoms with Gasteiger partial charge in [0.2, 0.25) is 0 Å². The topological polar surface area (TPSA) is 116 Å². The van der Waals surface area contributed by atoms with Crippen LogP contribution in [0.2, 0.25) is 0 Å². The van der Waals surface area contributed by atoms with Crippen LogP contribution in [-0.2, 0) is 36.8 Å². The van der Waals surface area contributed by atoms with Crippen molar-refractivity contribution in [3.05, 3.63) is 71.9 Å². The SMILES string of the molecule is CN(C)C1(CC(=O)OC(C)(C)C)OC(=O)C(N)Cc2cn(c3ccccc23)N1C(=O)OCc1ccccc1. The van der Waals surface area contributed by atoms with E-state index >= 15 is 0 Å². The number of aromatic nitrogens is 1. The van der Waals surface area contributed by atoms with Gasteiger partial charge >= 0.3 is 18.0 Å². The van der Waals surface area contributed by atoms with Gasteiger partial charge in [-0.3, -0.25) is 19.2 Å². The van der Waals surface area contributed by atoms with Gasteiger partial charge in [-0.1, -0.05) is 48.5 Å². The first kappa shape index (κ1) is 27.2. The van der Waals surface area contributed by atoms with Crippen molar-refractivity contribution in [3.8, 4) is 0 Å². The second-order valence-corrected chi connectivity index (χ2v) is 10.5. The molecule has 2 atom stereocenters. The summed E-state index contributed by atoms with van der Waals surface area (Å²) in [5.74, 6) is -3.41. The summed E-state index contributed by atoms with van der Waals surface area (Å²) in [5.41, 5.74) is 7.62. The van der Waals surface area contributed by atoms with Gasteiger partial charge in [0.05, 0.1) is 5.52 Å². The second-order valence-electron chi connectivity index (χ2n) is 10.5. The first-order chi connectivity index (χ1) is 17.9. The number of fused-ring (bicyclic) bond motifs is 5. The highest BCUT2D eigenvalue weighted by atomic mass is 16.6. The van der Waals surface area contributed by atoms with Crippen molar-refractivity contribution in [1.29, 1.82) is 0 Å². The van der Waals surface area contributed by atoms with Gasteiger partial charge in [0, 0.05) is 18.0 Å². The molecule has 0 saturated carbocycles. The minimum atomic E-state index is -1.96. The average Bonchev–Trinajstić information content (AvgIpc) is 3.20. The number of para-hydroxylation sites is 1. The van der Waals surface area contributed by atoms with Crippen molar-refractivity contribution < 1.29 is 28.6 Å². The number of rotatable bonds is 5. The Hall–Kier alpha value is -3.89. The van der Waals surface area contributed by atoms with Gasteiger partial charge in [-0.15, -0.1) is 0 Å². The average molecular weight is 523 g/mol. The van der Waals surface area contributed by atoms with E-state index in [1.54, 1.807) is 45.7 Å². The van der Waals surface area contributed by atoms with E-state index in [1.807, 2.05) is 54.6 Å². The lowest BCUT2D eigenvalue weighted by molar-refractivity contribution is -0.194. The van der Waals surface area contributed by atoms with Crippen molar-refractivity contribution in [1.82, 2.24) is 9.58 Å². The van der Waals surface area contributed by atoms with Gasteiger partial charge < -0.3 is 19.9 Å². The Bertz CT molecular complexity index is 1330. The summed E-state index contributed by atoms with van der Waals surface area (Å²) >= 11 is 0. The zero-order valence-electron chi connectivity index (χ0n) is 22.3. The number of hydrogen-bond acceptors (Lipinski definition) is 8. The molecule has 10 heteroatoms. The molecule has 1 aliphatic rings. The van der Waals surface area contributed by atoms with Gasteiger partial charge in [-0.05, 0) is 52.1 Å². The number of esters is 2. The van der Waals surface area contributed by atoms with Crippen LogP contribution < -0.4 is 10.7 Å². The molecule has 0 fully saturated rings.